The van der Waals surface area contributed by atoms with Crippen LogP contribution in [0.1, 0.15) is 24.2 Å². The molecule has 0 fully saturated rings. The van der Waals surface area contributed by atoms with E-state index in [9.17, 15) is 4.79 Å². The zero-order valence-electron chi connectivity index (χ0n) is 9.66. The summed E-state index contributed by atoms with van der Waals surface area (Å²) in [5.74, 6) is -0.324. The second-order valence-electron chi connectivity index (χ2n) is 3.42. The standard InChI is InChI=1S/C11H10Cl5NO/c1-3-17(4-2)11(18)5-6(12)8(14)10(16)9(15)7(5)13/h3-4H2,1-2H3. The molecule has 0 heterocycles. The van der Waals surface area contributed by atoms with E-state index in [1.54, 1.807) is 4.90 Å². The van der Waals surface area contributed by atoms with E-state index in [2.05, 4.69) is 0 Å². The predicted molar refractivity (Wildman–Crippen MR) is 78.7 cm³/mol. The van der Waals surface area contributed by atoms with Crippen LogP contribution in [0.25, 0.3) is 0 Å². The van der Waals surface area contributed by atoms with Crippen LogP contribution < -0.4 is 0 Å². The third-order valence-corrected chi connectivity index (χ3v) is 4.75. The summed E-state index contributed by atoms with van der Waals surface area (Å²) in [5, 5.41) is 0.150. The maximum Gasteiger partial charge on any atom is 0.256 e. The highest BCUT2D eigenvalue weighted by Crippen LogP contribution is 2.44. The molecule has 100 valence electrons. The van der Waals surface area contributed by atoms with Gasteiger partial charge in [-0.05, 0) is 13.8 Å². The van der Waals surface area contributed by atoms with E-state index in [4.69, 9.17) is 58.0 Å². The molecule has 18 heavy (non-hydrogen) atoms. The van der Waals surface area contributed by atoms with Gasteiger partial charge in [0.15, 0.2) is 0 Å². The molecule has 0 atom stereocenters. The zero-order valence-corrected chi connectivity index (χ0v) is 13.4. The molecule has 0 bridgehead atoms. The van der Waals surface area contributed by atoms with E-state index in [-0.39, 0.29) is 36.6 Å². The highest BCUT2D eigenvalue weighted by molar-refractivity contribution is 6.56. The molecule has 0 aliphatic carbocycles. The van der Waals surface area contributed by atoms with Crippen molar-refractivity contribution in [2.75, 3.05) is 13.1 Å². The highest BCUT2D eigenvalue weighted by atomic mass is 35.5. The van der Waals surface area contributed by atoms with Crippen LogP contribution in [0.15, 0.2) is 0 Å². The van der Waals surface area contributed by atoms with Gasteiger partial charge in [-0.15, -0.1) is 0 Å². The minimum absolute atomic E-state index is 0.0213. The van der Waals surface area contributed by atoms with Crippen LogP contribution in [0.3, 0.4) is 0 Å². The summed E-state index contributed by atoms with van der Waals surface area (Å²) in [6.07, 6.45) is 0. The summed E-state index contributed by atoms with van der Waals surface area (Å²) in [7, 11) is 0. The van der Waals surface area contributed by atoms with E-state index in [0.717, 1.165) is 0 Å². The number of benzene rings is 1. The molecule has 0 aliphatic heterocycles. The van der Waals surface area contributed by atoms with E-state index in [1.807, 2.05) is 13.8 Å². The van der Waals surface area contributed by atoms with Crippen LogP contribution in [-0.4, -0.2) is 23.9 Å². The Morgan fingerprint density at radius 2 is 1.17 bits per heavy atom. The lowest BCUT2D eigenvalue weighted by atomic mass is 10.2. The Morgan fingerprint density at radius 3 is 1.50 bits per heavy atom. The lowest BCUT2D eigenvalue weighted by Crippen LogP contribution is -2.31. The van der Waals surface area contributed by atoms with Crippen molar-refractivity contribution in [2.24, 2.45) is 0 Å². The molecule has 1 aromatic rings. The smallest absolute Gasteiger partial charge is 0.256 e. The number of hydrogen-bond acceptors (Lipinski definition) is 1. The van der Waals surface area contributed by atoms with Crippen LogP contribution in [0.5, 0.6) is 0 Å². The third-order valence-electron chi connectivity index (χ3n) is 2.47. The van der Waals surface area contributed by atoms with Crippen LogP contribution >= 0.6 is 58.0 Å². The van der Waals surface area contributed by atoms with Crippen molar-refractivity contribution in [3.05, 3.63) is 30.7 Å². The first-order valence-electron chi connectivity index (χ1n) is 5.17. The van der Waals surface area contributed by atoms with Crippen molar-refractivity contribution in [3.63, 3.8) is 0 Å². The average molecular weight is 349 g/mol. The van der Waals surface area contributed by atoms with Gasteiger partial charge in [-0.2, -0.15) is 0 Å². The van der Waals surface area contributed by atoms with Gasteiger partial charge in [-0.25, -0.2) is 0 Å². The summed E-state index contributed by atoms with van der Waals surface area (Å²) >= 11 is 29.7. The molecule has 0 saturated carbocycles. The number of halogens is 5. The number of rotatable bonds is 3. The quantitative estimate of drug-likeness (QED) is 0.526. The van der Waals surface area contributed by atoms with Gasteiger partial charge >= 0.3 is 0 Å². The lowest BCUT2D eigenvalue weighted by Gasteiger charge is -2.21. The molecule has 0 aromatic heterocycles. The number of carbonyl (C=O) groups is 1. The number of hydrogen-bond donors (Lipinski definition) is 0. The summed E-state index contributed by atoms with van der Waals surface area (Å²) in [4.78, 5) is 13.8. The molecule has 0 N–H and O–H groups in total. The first kappa shape index (κ1) is 16.2. The molecular formula is C11H10Cl5NO. The molecule has 7 heteroatoms. The molecule has 2 nitrogen and oxygen atoms in total. The molecule has 0 unspecified atom stereocenters. The Balaban J connectivity index is 3.46. The van der Waals surface area contributed by atoms with Crippen molar-refractivity contribution < 1.29 is 4.79 Å². The van der Waals surface area contributed by atoms with E-state index in [0.29, 0.717) is 13.1 Å². The minimum atomic E-state index is -0.324. The maximum atomic E-state index is 12.3. The Morgan fingerprint density at radius 1 is 0.833 bits per heavy atom. The Bertz CT molecular complexity index is 456. The fourth-order valence-corrected chi connectivity index (χ4v) is 2.76. The Hall–Kier alpha value is 0.140. The van der Waals surface area contributed by atoms with Gasteiger partial charge in [-0.3, -0.25) is 4.79 Å². The topological polar surface area (TPSA) is 20.3 Å². The van der Waals surface area contributed by atoms with Crippen LogP contribution in [-0.2, 0) is 0 Å². The van der Waals surface area contributed by atoms with Gasteiger partial charge in [0.1, 0.15) is 0 Å². The van der Waals surface area contributed by atoms with Gasteiger partial charge in [0.05, 0.1) is 30.7 Å². The summed E-state index contributed by atoms with van der Waals surface area (Å²) in [6, 6.07) is 0. The number of amides is 1. The van der Waals surface area contributed by atoms with E-state index >= 15 is 0 Å². The van der Waals surface area contributed by atoms with Gasteiger partial charge in [0, 0.05) is 13.1 Å². The lowest BCUT2D eigenvalue weighted by molar-refractivity contribution is 0.0773. The zero-order chi connectivity index (χ0) is 14.0. The Labute approximate surface area is 131 Å². The molecular weight excluding hydrogens is 339 g/mol. The van der Waals surface area contributed by atoms with Gasteiger partial charge in [0.2, 0.25) is 0 Å². The highest BCUT2D eigenvalue weighted by Gasteiger charge is 2.26. The van der Waals surface area contributed by atoms with E-state index < -0.39 is 0 Å². The van der Waals surface area contributed by atoms with Crippen LogP contribution in [0, 0.1) is 0 Å². The van der Waals surface area contributed by atoms with Crippen molar-refractivity contribution in [1.29, 1.82) is 0 Å². The Kier molecular flexibility index (Phi) is 5.88. The molecule has 0 radical (unpaired) electrons. The summed E-state index contributed by atoms with van der Waals surface area (Å²) < 4.78 is 0. The molecule has 1 rings (SSSR count). The van der Waals surface area contributed by atoms with Gasteiger partial charge in [0.25, 0.3) is 5.91 Å². The SMILES string of the molecule is CCN(CC)C(=O)c1c(Cl)c(Cl)c(Cl)c(Cl)c1Cl. The van der Waals surface area contributed by atoms with Crippen LogP contribution in [0.4, 0.5) is 0 Å². The van der Waals surface area contributed by atoms with Crippen LogP contribution in [0.2, 0.25) is 25.1 Å². The van der Waals surface area contributed by atoms with Crippen molar-refractivity contribution in [1.82, 2.24) is 4.90 Å². The first-order chi connectivity index (χ1) is 8.36. The van der Waals surface area contributed by atoms with Gasteiger partial charge < -0.3 is 4.90 Å². The summed E-state index contributed by atoms with van der Waals surface area (Å²) in [6.45, 7) is 4.75. The fraction of sp³-hybridized carbons (Fsp3) is 0.364. The van der Waals surface area contributed by atoms with Crippen molar-refractivity contribution in [3.8, 4) is 0 Å². The average Bonchev–Trinajstić information content (AvgIpc) is 2.36. The first-order valence-corrected chi connectivity index (χ1v) is 7.06. The third kappa shape index (κ3) is 2.83. The van der Waals surface area contributed by atoms with Crippen molar-refractivity contribution >= 4 is 63.9 Å². The van der Waals surface area contributed by atoms with E-state index in [1.165, 1.54) is 0 Å². The van der Waals surface area contributed by atoms with Crippen molar-refractivity contribution in [2.45, 2.75) is 13.8 Å². The second-order valence-corrected chi connectivity index (χ2v) is 5.31. The minimum Gasteiger partial charge on any atom is -0.339 e. The molecule has 0 spiro atoms. The number of nitrogens with zero attached hydrogens (tertiary/aromatic N) is 1. The fourth-order valence-electron chi connectivity index (χ4n) is 1.46. The molecule has 0 saturated heterocycles. The number of carbonyl (C=O) groups excluding carboxylic acids is 1. The summed E-state index contributed by atoms with van der Waals surface area (Å²) in [5.41, 5.74) is 0.0847. The molecule has 1 amide bonds. The predicted octanol–water partition coefficient (Wildman–Crippen LogP) is 5.44. The maximum absolute atomic E-state index is 12.3. The van der Waals surface area contributed by atoms with Gasteiger partial charge in [-0.1, -0.05) is 58.0 Å². The molecule has 0 aliphatic rings. The molecule has 1 aromatic carbocycles. The second kappa shape index (κ2) is 6.53. The normalized spacial score (nSPS) is 10.6. The largest absolute Gasteiger partial charge is 0.339 e. The monoisotopic (exact) mass is 347 g/mol.